The lowest BCUT2D eigenvalue weighted by atomic mass is 9.90. The number of nitrogens with one attached hydrogen (secondary N) is 1. The molecule has 0 fully saturated rings. The second-order valence-electron chi connectivity index (χ2n) is 5.85. The minimum Gasteiger partial charge on any atom is -0.475 e. The molecule has 5 nitrogen and oxygen atoms in total. The lowest BCUT2D eigenvalue weighted by molar-refractivity contribution is -0.188. The summed E-state index contributed by atoms with van der Waals surface area (Å²) in [6, 6.07) is 4.19. The maximum Gasteiger partial charge on any atom is 0.430 e. The van der Waals surface area contributed by atoms with E-state index >= 15 is 0 Å². The molecular formula is C18H19ClF3NO4. The Bertz CT molecular complexity index is 761. The monoisotopic (exact) mass is 405 g/mol. The van der Waals surface area contributed by atoms with Crippen molar-refractivity contribution >= 4 is 29.1 Å². The average Bonchev–Trinajstić information content (AvgIpc) is 2.59. The molecule has 1 amide bonds. The highest BCUT2D eigenvalue weighted by Gasteiger charge is 2.50. The molecule has 148 valence electrons. The number of carbonyl (C=O) groups excluding carboxylic acids is 2. The fourth-order valence-electron chi connectivity index (χ4n) is 2.75. The molecule has 1 aromatic rings. The van der Waals surface area contributed by atoms with E-state index < -0.39 is 30.6 Å². The highest BCUT2D eigenvalue weighted by atomic mass is 35.5. The van der Waals surface area contributed by atoms with E-state index in [1.165, 1.54) is 18.2 Å². The van der Waals surface area contributed by atoms with E-state index in [1.54, 1.807) is 13.8 Å². The Morgan fingerprint density at radius 2 is 2.00 bits per heavy atom. The van der Waals surface area contributed by atoms with Crippen LogP contribution in [0.15, 0.2) is 23.8 Å². The summed E-state index contributed by atoms with van der Waals surface area (Å²) in [6.07, 6.45) is -6.33. The standard InChI is InChI=1S/C18H19ClF3NO4/c1-3-5-14(24)23-9-26-17(25)15-11(4-2)12-8-10(19)6-7-13(12)27-16(15)18(20,21)22/h6-8,16H,3-5,9H2,1-2H3,(H,23,24). The van der Waals surface area contributed by atoms with Crippen molar-refractivity contribution in [2.75, 3.05) is 6.73 Å². The van der Waals surface area contributed by atoms with Gasteiger partial charge in [-0.25, -0.2) is 4.79 Å². The Kier molecular flexibility index (Phi) is 6.75. The first-order chi connectivity index (χ1) is 12.7. The first-order valence-corrected chi connectivity index (χ1v) is 8.77. The third kappa shape index (κ3) is 4.94. The molecule has 1 atom stereocenters. The predicted molar refractivity (Wildman–Crippen MR) is 93.1 cm³/mol. The van der Waals surface area contributed by atoms with Crippen LogP contribution >= 0.6 is 11.6 Å². The minimum atomic E-state index is -4.82. The van der Waals surface area contributed by atoms with Crippen molar-refractivity contribution in [2.24, 2.45) is 0 Å². The number of alkyl halides is 3. The van der Waals surface area contributed by atoms with Gasteiger partial charge in [0.05, 0.1) is 5.57 Å². The summed E-state index contributed by atoms with van der Waals surface area (Å²) < 4.78 is 50.5. The molecule has 1 aliphatic heterocycles. The molecule has 0 spiro atoms. The zero-order valence-electron chi connectivity index (χ0n) is 14.8. The zero-order valence-corrected chi connectivity index (χ0v) is 15.5. The number of amides is 1. The van der Waals surface area contributed by atoms with Gasteiger partial charge in [0.15, 0.2) is 6.73 Å². The van der Waals surface area contributed by atoms with Crippen LogP contribution in [-0.2, 0) is 14.3 Å². The number of esters is 1. The third-order valence-corrected chi connectivity index (χ3v) is 4.15. The van der Waals surface area contributed by atoms with Crippen molar-refractivity contribution in [1.29, 1.82) is 0 Å². The minimum absolute atomic E-state index is 0.00799. The van der Waals surface area contributed by atoms with Crippen molar-refractivity contribution in [3.63, 3.8) is 0 Å². The molecule has 27 heavy (non-hydrogen) atoms. The van der Waals surface area contributed by atoms with Crippen LogP contribution in [0.2, 0.25) is 5.02 Å². The molecule has 0 aromatic heterocycles. The molecule has 0 saturated carbocycles. The van der Waals surface area contributed by atoms with Gasteiger partial charge in [0.1, 0.15) is 5.75 Å². The maximum absolute atomic E-state index is 13.5. The van der Waals surface area contributed by atoms with E-state index in [9.17, 15) is 22.8 Å². The summed E-state index contributed by atoms with van der Waals surface area (Å²) in [4.78, 5) is 23.8. The SMILES string of the molecule is CCCC(=O)NCOC(=O)C1=C(CC)c2cc(Cl)ccc2OC1C(F)(F)F. The molecule has 0 radical (unpaired) electrons. The molecule has 0 bridgehead atoms. The van der Waals surface area contributed by atoms with Crippen LogP contribution in [-0.4, -0.2) is 30.9 Å². The van der Waals surface area contributed by atoms with Crippen LogP contribution in [0.5, 0.6) is 5.75 Å². The van der Waals surface area contributed by atoms with Gasteiger partial charge in [-0.3, -0.25) is 4.79 Å². The lowest BCUT2D eigenvalue weighted by Crippen LogP contribution is -2.42. The van der Waals surface area contributed by atoms with Crippen LogP contribution in [0.1, 0.15) is 38.7 Å². The number of ether oxygens (including phenoxy) is 2. The second-order valence-corrected chi connectivity index (χ2v) is 6.29. The molecule has 1 aliphatic rings. The van der Waals surface area contributed by atoms with Crippen LogP contribution in [0.3, 0.4) is 0 Å². The first-order valence-electron chi connectivity index (χ1n) is 8.39. The van der Waals surface area contributed by atoms with Crippen LogP contribution in [0.25, 0.3) is 5.57 Å². The summed E-state index contributed by atoms with van der Waals surface area (Å²) in [7, 11) is 0. The predicted octanol–water partition coefficient (Wildman–Crippen LogP) is 4.24. The van der Waals surface area contributed by atoms with Gasteiger partial charge in [-0.05, 0) is 36.6 Å². The molecule has 1 N–H and O–H groups in total. The van der Waals surface area contributed by atoms with E-state index in [-0.39, 0.29) is 30.1 Å². The van der Waals surface area contributed by atoms with Crippen molar-refractivity contribution in [2.45, 2.75) is 45.4 Å². The number of fused-ring (bicyclic) bond motifs is 1. The van der Waals surface area contributed by atoms with Crippen LogP contribution in [0.4, 0.5) is 13.2 Å². The van der Waals surface area contributed by atoms with Crippen LogP contribution < -0.4 is 10.1 Å². The Morgan fingerprint density at radius 1 is 1.30 bits per heavy atom. The number of hydrogen-bond acceptors (Lipinski definition) is 4. The Balaban J connectivity index is 2.36. The number of hydrogen-bond donors (Lipinski definition) is 1. The van der Waals surface area contributed by atoms with Crippen molar-refractivity contribution in [3.05, 3.63) is 34.4 Å². The molecule has 2 rings (SSSR count). The lowest BCUT2D eigenvalue weighted by Gasteiger charge is -2.31. The number of halogens is 4. The topological polar surface area (TPSA) is 64.6 Å². The highest BCUT2D eigenvalue weighted by Crippen LogP contribution is 2.43. The summed E-state index contributed by atoms with van der Waals surface area (Å²) in [5.41, 5.74) is -0.178. The van der Waals surface area contributed by atoms with E-state index in [0.717, 1.165) is 0 Å². The fourth-order valence-corrected chi connectivity index (χ4v) is 2.92. The summed E-state index contributed by atoms with van der Waals surface area (Å²) >= 11 is 5.94. The molecule has 1 heterocycles. The number of allylic oxidation sites excluding steroid dienone is 1. The van der Waals surface area contributed by atoms with Gasteiger partial charge in [0.2, 0.25) is 12.0 Å². The summed E-state index contributed by atoms with van der Waals surface area (Å²) in [5, 5.41) is 2.62. The summed E-state index contributed by atoms with van der Waals surface area (Å²) in [5.74, 6) is -1.57. The highest BCUT2D eigenvalue weighted by molar-refractivity contribution is 6.30. The van der Waals surface area contributed by atoms with Crippen LogP contribution in [0, 0.1) is 0 Å². The largest absolute Gasteiger partial charge is 0.475 e. The van der Waals surface area contributed by atoms with Crippen molar-refractivity contribution < 1.29 is 32.2 Å². The normalized spacial score (nSPS) is 16.4. The smallest absolute Gasteiger partial charge is 0.430 e. The van der Waals surface area contributed by atoms with Gasteiger partial charge < -0.3 is 14.8 Å². The van der Waals surface area contributed by atoms with Gasteiger partial charge in [-0.15, -0.1) is 0 Å². The molecule has 1 unspecified atom stereocenters. The Hall–Kier alpha value is -2.22. The van der Waals surface area contributed by atoms with E-state index in [1.807, 2.05) is 0 Å². The van der Waals surface area contributed by atoms with Gasteiger partial charge in [-0.1, -0.05) is 25.4 Å². The molecule has 1 aromatic carbocycles. The average molecular weight is 406 g/mol. The number of carbonyl (C=O) groups is 2. The number of benzene rings is 1. The van der Waals surface area contributed by atoms with Gasteiger partial charge >= 0.3 is 12.1 Å². The van der Waals surface area contributed by atoms with E-state index in [0.29, 0.717) is 17.0 Å². The maximum atomic E-state index is 13.5. The van der Waals surface area contributed by atoms with Crippen molar-refractivity contribution in [1.82, 2.24) is 5.32 Å². The van der Waals surface area contributed by atoms with Crippen molar-refractivity contribution in [3.8, 4) is 5.75 Å². The van der Waals surface area contributed by atoms with Gasteiger partial charge in [0.25, 0.3) is 0 Å². The second kappa shape index (κ2) is 8.65. The fraction of sp³-hybridized carbons (Fsp3) is 0.444. The van der Waals surface area contributed by atoms with Gasteiger partial charge in [0, 0.05) is 17.0 Å². The Morgan fingerprint density at radius 3 is 2.59 bits per heavy atom. The quantitative estimate of drug-likeness (QED) is 0.568. The molecular weight excluding hydrogens is 387 g/mol. The molecule has 9 heteroatoms. The molecule has 0 saturated heterocycles. The Labute approximate surface area is 159 Å². The van der Waals surface area contributed by atoms with Gasteiger partial charge in [-0.2, -0.15) is 13.2 Å². The van der Waals surface area contributed by atoms with E-state index in [2.05, 4.69) is 5.32 Å². The summed E-state index contributed by atoms with van der Waals surface area (Å²) in [6.45, 7) is 2.89. The zero-order chi connectivity index (χ0) is 20.2. The first kappa shape index (κ1) is 21.1. The third-order valence-electron chi connectivity index (χ3n) is 3.92. The number of rotatable bonds is 6. The molecule has 0 aliphatic carbocycles. The van der Waals surface area contributed by atoms with E-state index in [4.69, 9.17) is 21.1 Å².